The number of fused-ring (bicyclic) bond motifs is 2. The molecule has 7 heteroatoms. The summed E-state index contributed by atoms with van der Waals surface area (Å²) in [5.41, 5.74) is -2.17. The van der Waals surface area contributed by atoms with Gasteiger partial charge in [-0.2, -0.15) is 13.2 Å². The maximum atomic E-state index is 13.6. The molecule has 1 saturated carbocycles. The molecule has 0 bridgehead atoms. The number of alkyl halides is 3. The first-order valence-corrected chi connectivity index (χ1v) is 7.59. The van der Waals surface area contributed by atoms with Crippen LogP contribution in [0.1, 0.15) is 26.3 Å². The topological polar surface area (TPSA) is 46.6 Å². The second-order valence-electron chi connectivity index (χ2n) is 7.28. The summed E-state index contributed by atoms with van der Waals surface area (Å²) in [4.78, 5) is 26.3. The standard InChI is InChI=1S/C17H18F3NO3/c1-15(2,3)24-13(22)11-12(17(18,19)20)16(11)9-7-5-6-8-10(9)21(4)14(16)23/h5-8,11-12H,1-4H3/t11?,12?,16-/m0/s1. The Labute approximate surface area is 137 Å². The van der Waals surface area contributed by atoms with Crippen LogP contribution in [0.4, 0.5) is 18.9 Å². The molecule has 24 heavy (non-hydrogen) atoms. The Bertz CT molecular complexity index is 723. The van der Waals surface area contributed by atoms with Gasteiger partial charge in [0.1, 0.15) is 11.0 Å². The van der Waals surface area contributed by atoms with Crippen LogP contribution in [0.15, 0.2) is 24.3 Å². The van der Waals surface area contributed by atoms with Crippen molar-refractivity contribution in [2.45, 2.75) is 38.0 Å². The number of benzene rings is 1. The maximum absolute atomic E-state index is 13.6. The third-order valence-corrected chi connectivity index (χ3v) is 4.59. The Morgan fingerprint density at radius 1 is 1.21 bits per heavy atom. The number of hydrogen-bond acceptors (Lipinski definition) is 3. The molecule has 4 nitrogen and oxygen atoms in total. The minimum atomic E-state index is -4.67. The lowest BCUT2D eigenvalue weighted by Gasteiger charge is -2.20. The van der Waals surface area contributed by atoms with Crippen LogP contribution in [-0.4, -0.2) is 30.7 Å². The van der Waals surface area contributed by atoms with Gasteiger partial charge in [0.05, 0.1) is 11.8 Å². The van der Waals surface area contributed by atoms with Crippen molar-refractivity contribution in [2.75, 3.05) is 11.9 Å². The van der Waals surface area contributed by atoms with E-state index in [1.54, 1.807) is 39.0 Å². The molecule has 3 rings (SSSR count). The fourth-order valence-electron chi connectivity index (χ4n) is 3.74. The van der Waals surface area contributed by atoms with Gasteiger partial charge in [-0.05, 0) is 32.4 Å². The highest BCUT2D eigenvalue weighted by molar-refractivity contribution is 6.14. The van der Waals surface area contributed by atoms with Crippen molar-refractivity contribution in [3.63, 3.8) is 0 Å². The van der Waals surface area contributed by atoms with Crippen LogP contribution in [0.5, 0.6) is 0 Å². The number of esters is 1. The molecular formula is C17H18F3NO3. The van der Waals surface area contributed by atoms with E-state index in [4.69, 9.17) is 4.74 Å². The van der Waals surface area contributed by atoms with Crippen LogP contribution in [0, 0.1) is 11.8 Å². The van der Waals surface area contributed by atoms with E-state index in [-0.39, 0.29) is 5.56 Å². The normalized spacial score (nSPS) is 29.0. The molecule has 2 unspecified atom stereocenters. The second-order valence-corrected chi connectivity index (χ2v) is 7.28. The summed E-state index contributed by atoms with van der Waals surface area (Å²) in [6.45, 7) is 4.75. The van der Waals surface area contributed by atoms with Gasteiger partial charge in [0.2, 0.25) is 5.91 Å². The summed E-state index contributed by atoms with van der Waals surface area (Å²) in [5, 5.41) is 0. The lowest BCUT2D eigenvalue weighted by atomic mass is 9.93. The van der Waals surface area contributed by atoms with E-state index in [0.717, 1.165) is 0 Å². The number of amides is 1. The van der Waals surface area contributed by atoms with Crippen LogP contribution >= 0.6 is 0 Å². The summed E-state index contributed by atoms with van der Waals surface area (Å²) >= 11 is 0. The Balaban J connectivity index is 2.11. The van der Waals surface area contributed by atoms with Crippen LogP contribution in [0.2, 0.25) is 0 Å². The van der Waals surface area contributed by atoms with Crippen molar-refractivity contribution in [1.29, 1.82) is 0 Å². The highest BCUT2D eigenvalue weighted by atomic mass is 19.4. The SMILES string of the molecule is CN1C(=O)[C@@]2(c3ccccc31)C(C(=O)OC(C)(C)C)C2C(F)(F)F. The van der Waals surface area contributed by atoms with E-state index in [1.807, 2.05) is 0 Å². The van der Waals surface area contributed by atoms with Gasteiger partial charge >= 0.3 is 12.1 Å². The number of likely N-dealkylation sites (N-methyl/N-ethyl adjacent to an activating group) is 1. The first-order valence-electron chi connectivity index (χ1n) is 7.59. The van der Waals surface area contributed by atoms with Crippen molar-refractivity contribution in [3.05, 3.63) is 29.8 Å². The highest BCUT2D eigenvalue weighted by Gasteiger charge is 2.85. The van der Waals surface area contributed by atoms with Crippen molar-refractivity contribution < 1.29 is 27.5 Å². The van der Waals surface area contributed by atoms with Crippen LogP contribution in [0.3, 0.4) is 0 Å². The molecule has 1 aliphatic heterocycles. The molecule has 2 aliphatic rings. The zero-order valence-electron chi connectivity index (χ0n) is 13.8. The molecule has 1 amide bonds. The lowest BCUT2D eigenvalue weighted by Crippen LogP contribution is -2.34. The van der Waals surface area contributed by atoms with Crippen molar-refractivity contribution >= 4 is 17.6 Å². The average molecular weight is 341 g/mol. The van der Waals surface area contributed by atoms with Gasteiger partial charge in [-0.1, -0.05) is 18.2 Å². The fourth-order valence-corrected chi connectivity index (χ4v) is 3.74. The first kappa shape index (κ1) is 16.8. The van der Waals surface area contributed by atoms with Crippen molar-refractivity contribution in [1.82, 2.24) is 0 Å². The largest absolute Gasteiger partial charge is 0.460 e. The quantitative estimate of drug-likeness (QED) is 0.738. The molecule has 1 heterocycles. The minimum Gasteiger partial charge on any atom is -0.460 e. The molecule has 0 aromatic heterocycles. The second kappa shape index (κ2) is 4.74. The van der Waals surface area contributed by atoms with E-state index in [2.05, 4.69) is 0 Å². The molecule has 0 N–H and O–H groups in total. The van der Waals surface area contributed by atoms with Crippen molar-refractivity contribution in [3.8, 4) is 0 Å². The Hall–Kier alpha value is -2.05. The summed E-state index contributed by atoms with van der Waals surface area (Å²) in [5.74, 6) is -5.29. The lowest BCUT2D eigenvalue weighted by molar-refractivity contribution is -0.170. The fraction of sp³-hybridized carbons (Fsp3) is 0.529. The van der Waals surface area contributed by atoms with Gasteiger partial charge in [0.15, 0.2) is 0 Å². The predicted molar refractivity (Wildman–Crippen MR) is 80.4 cm³/mol. The number of nitrogens with zero attached hydrogens (tertiary/aromatic N) is 1. The van der Waals surface area contributed by atoms with Gasteiger partial charge in [0.25, 0.3) is 0 Å². The van der Waals surface area contributed by atoms with E-state index < -0.39 is 40.9 Å². The summed E-state index contributed by atoms with van der Waals surface area (Å²) in [7, 11) is 1.42. The van der Waals surface area contributed by atoms with E-state index >= 15 is 0 Å². The third-order valence-electron chi connectivity index (χ3n) is 4.59. The molecule has 130 valence electrons. The number of rotatable bonds is 1. The number of ether oxygens (including phenoxy) is 1. The molecule has 0 saturated heterocycles. The average Bonchev–Trinajstić information content (AvgIpc) is 3.10. The Morgan fingerprint density at radius 3 is 2.33 bits per heavy atom. The highest BCUT2D eigenvalue weighted by Crippen LogP contribution is 2.70. The number of carbonyl (C=O) groups excluding carboxylic acids is 2. The van der Waals surface area contributed by atoms with E-state index in [1.165, 1.54) is 18.0 Å². The first-order chi connectivity index (χ1) is 10.9. The van der Waals surface area contributed by atoms with E-state index in [0.29, 0.717) is 5.69 Å². The third kappa shape index (κ3) is 2.13. The van der Waals surface area contributed by atoms with Gasteiger partial charge in [-0.3, -0.25) is 9.59 Å². The van der Waals surface area contributed by atoms with Crippen LogP contribution in [-0.2, 0) is 19.7 Å². The molecule has 1 aromatic carbocycles. The number of anilines is 1. The summed E-state index contributed by atoms with van der Waals surface area (Å²) in [6, 6.07) is 6.29. The van der Waals surface area contributed by atoms with Gasteiger partial charge in [-0.15, -0.1) is 0 Å². The summed E-state index contributed by atoms with van der Waals surface area (Å²) in [6.07, 6.45) is -4.67. The molecule has 0 radical (unpaired) electrons. The Kier molecular flexibility index (Phi) is 3.32. The molecule has 3 atom stereocenters. The zero-order chi connectivity index (χ0) is 18.1. The van der Waals surface area contributed by atoms with Gasteiger partial charge in [-0.25, -0.2) is 0 Å². The molecule has 1 aromatic rings. The van der Waals surface area contributed by atoms with Gasteiger partial charge in [0, 0.05) is 12.7 Å². The summed E-state index contributed by atoms with van der Waals surface area (Å²) < 4.78 is 46.0. The number of halogens is 3. The van der Waals surface area contributed by atoms with Crippen LogP contribution < -0.4 is 4.90 Å². The zero-order valence-corrected chi connectivity index (χ0v) is 13.8. The number of para-hydroxylation sites is 1. The molecular weight excluding hydrogens is 323 g/mol. The number of hydrogen-bond donors (Lipinski definition) is 0. The van der Waals surface area contributed by atoms with E-state index in [9.17, 15) is 22.8 Å². The maximum Gasteiger partial charge on any atom is 0.394 e. The molecule has 1 spiro atoms. The molecule has 1 aliphatic carbocycles. The number of carbonyl (C=O) groups is 2. The Morgan fingerprint density at radius 2 is 1.79 bits per heavy atom. The van der Waals surface area contributed by atoms with Crippen molar-refractivity contribution in [2.24, 2.45) is 11.8 Å². The van der Waals surface area contributed by atoms with Crippen LogP contribution in [0.25, 0.3) is 0 Å². The van der Waals surface area contributed by atoms with Gasteiger partial charge < -0.3 is 9.64 Å². The smallest absolute Gasteiger partial charge is 0.394 e. The molecule has 1 fully saturated rings. The predicted octanol–water partition coefficient (Wildman–Crippen LogP) is 3.05. The monoisotopic (exact) mass is 341 g/mol. The minimum absolute atomic E-state index is 0.246.